The van der Waals surface area contributed by atoms with Crippen molar-refractivity contribution in [3.63, 3.8) is 0 Å². The number of rotatable bonds is 1. The van der Waals surface area contributed by atoms with E-state index < -0.39 is 0 Å². The van der Waals surface area contributed by atoms with Gasteiger partial charge >= 0.3 is 0 Å². The minimum atomic E-state index is 0.616. The first kappa shape index (κ1) is 9.32. The highest BCUT2D eigenvalue weighted by Gasteiger charge is 2.10. The summed E-state index contributed by atoms with van der Waals surface area (Å²) >= 11 is 0. The average molecular weight is 188 g/mol. The van der Waals surface area contributed by atoms with Crippen molar-refractivity contribution in [1.82, 2.24) is 0 Å². The number of ether oxygens (including phenoxy) is 1. The molecule has 1 aromatic carbocycles. The van der Waals surface area contributed by atoms with Crippen LogP contribution in [-0.2, 0) is 0 Å². The summed E-state index contributed by atoms with van der Waals surface area (Å²) < 4.78 is 5.68. The van der Waals surface area contributed by atoms with E-state index in [-0.39, 0.29) is 0 Å². The number of fused-ring (bicyclic) bond motifs is 1. The summed E-state index contributed by atoms with van der Waals surface area (Å²) in [5.41, 5.74) is 2.70. The first-order chi connectivity index (χ1) is 6.77. The van der Waals surface area contributed by atoms with Gasteiger partial charge in [0.25, 0.3) is 0 Å². The Morgan fingerprint density at radius 1 is 1.21 bits per heavy atom. The third kappa shape index (κ3) is 1.82. The lowest BCUT2D eigenvalue weighted by Gasteiger charge is -2.07. The van der Waals surface area contributed by atoms with Gasteiger partial charge in [0.1, 0.15) is 5.75 Å². The molecule has 14 heavy (non-hydrogen) atoms. The maximum absolute atomic E-state index is 5.68. The molecule has 0 N–H and O–H groups in total. The third-order valence-electron chi connectivity index (χ3n) is 2.65. The quantitative estimate of drug-likeness (QED) is 0.655. The van der Waals surface area contributed by atoms with E-state index >= 15 is 0 Å². The predicted molar refractivity (Wildman–Crippen MR) is 59.4 cm³/mol. The van der Waals surface area contributed by atoms with Gasteiger partial charge in [-0.3, -0.25) is 0 Å². The molecule has 2 rings (SSSR count). The Labute approximate surface area is 85.4 Å². The van der Waals surface area contributed by atoms with E-state index in [1.54, 1.807) is 0 Å². The molecule has 0 radical (unpaired) electrons. The van der Waals surface area contributed by atoms with E-state index in [0.29, 0.717) is 5.92 Å². The first-order valence-electron chi connectivity index (χ1n) is 5.19. The number of hydrogen-bond acceptors (Lipinski definition) is 1. The lowest BCUT2D eigenvalue weighted by Crippen LogP contribution is -1.99. The van der Waals surface area contributed by atoms with Crippen molar-refractivity contribution in [3.05, 3.63) is 35.4 Å². The minimum Gasteiger partial charge on any atom is -0.493 e. The maximum Gasteiger partial charge on any atom is 0.126 e. The third-order valence-corrected chi connectivity index (χ3v) is 2.65. The fraction of sp³-hybridized carbons (Fsp3) is 0.385. The summed E-state index contributed by atoms with van der Waals surface area (Å²) in [6.45, 7) is 5.28. The van der Waals surface area contributed by atoms with Crippen LogP contribution in [0.1, 0.15) is 25.8 Å². The van der Waals surface area contributed by atoms with E-state index in [1.807, 2.05) is 12.1 Å². The van der Waals surface area contributed by atoms with Gasteiger partial charge in [-0.1, -0.05) is 43.7 Å². The van der Waals surface area contributed by atoms with Crippen LogP contribution in [0.15, 0.2) is 29.8 Å². The Morgan fingerprint density at radius 2 is 2.00 bits per heavy atom. The largest absolute Gasteiger partial charge is 0.493 e. The summed E-state index contributed by atoms with van der Waals surface area (Å²) in [4.78, 5) is 0. The normalized spacial score (nSPS) is 15.5. The Morgan fingerprint density at radius 3 is 2.79 bits per heavy atom. The van der Waals surface area contributed by atoms with Gasteiger partial charge in [0.2, 0.25) is 0 Å². The molecule has 1 aromatic rings. The molecule has 0 aromatic heterocycles. The summed E-state index contributed by atoms with van der Waals surface area (Å²) in [5.74, 6) is 1.63. The van der Waals surface area contributed by atoms with Crippen LogP contribution in [0.25, 0.3) is 6.08 Å². The zero-order chi connectivity index (χ0) is 9.97. The van der Waals surface area contributed by atoms with Crippen molar-refractivity contribution in [1.29, 1.82) is 0 Å². The highest BCUT2D eigenvalue weighted by molar-refractivity contribution is 5.60. The van der Waals surface area contributed by atoms with Gasteiger partial charge in [0.05, 0.1) is 6.61 Å². The monoisotopic (exact) mass is 188 g/mol. The molecule has 0 atom stereocenters. The van der Waals surface area contributed by atoms with E-state index in [0.717, 1.165) is 18.8 Å². The second-order valence-electron chi connectivity index (χ2n) is 4.01. The Balaban J connectivity index is 2.39. The van der Waals surface area contributed by atoms with Gasteiger partial charge in [0.15, 0.2) is 0 Å². The average Bonchev–Trinajstić information content (AvgIpc) is 2.39. The molecule has 0 fully saturated rings. The van der Waals surface area contributed by atoms with Crippen LogP contribution < -0.4 is 4.74 Å². The minimum absolute atomic E-state index is 0.616. The molecule has 0 spiro atoms. The molecule has 1 heteroatoms. The molecule has 74 valence electrons. The highest BCUT2D eigenvalue weighted by atomic mass is 16.5. The van der Waals surface area contributed by atoms with Gasteiger partial charge in [-0.15, -0.1) is 0 Å². The van der Waals surface area contributed by atoms with Gasteiger partial charge in [-0.25, -0.2) is 0 Å². The van der Waals surface area contributed by atoms with Crippen LogP contribution in [-0.4, -0.2) is 6.61 Å². The molecule has 0 saturated carbocycles. The number of para-hydroxylation sites is 1. The Kier molecular flexibility index (Phi) is 2.58. The molecule has 1 nitrogen and oxygen atoms in total. The molecule has 0 amide bonds. The second-order valence-corrected chi connectivity index (χ2v) is 4.01. The molecule has 1 heterocycles. The van der Waals surface area contributed by atoms with Crippen molar-refractivity contribution >= 4 is 6.08 Å². The molecule has 0 aliphatic carbocycles. The van der Waals surface area contributed by atoms with E-state index in [9.17, 15) is 0 Å². The van der Waals surface area contributed by atoms with Crippen molar-refractivity contribution < 1.29 is 4.74 Å². The van der Waals surface area contributed by atoms with Crippen LogP contribution in [0.2, 0.25) is 0 Å². The van der Waals surface area contributed by atoms with Crippen molar-refractivity contribution in [2.75, 3.05) is 6.61 Å². The van der Waals surface area contributed by atoms with Crippen LogP contribution in [0, 0.1) is 5.92 Å². The fourth-order valence-corrected chi connectivity index (χ4v) is 1.74. The molecule has 1 aliphatic heterocycles. The van der Waals surface area contributed by atoms with E-state index in [1.165, 1.54) is 11.1 Å². The number of hydrogen-bond donors (Lipinski definition) is 0. The maximum atomic E-state index is 5.68. The predicted octanol–water partition coefficient (Wildman–Crippen LogP) is 3.51. The standard InChI is InChI=1S/C13H16O/c1-10(2)11-7-8-14-13-6-4-3-5-12(13)9-11/h3-6,9-10H,7-8H2,1-2H3. The fourth-order valence-electron chi connectivity index (χ4n) is 1.74. The van der Waals surface area contributed by atoms with E-state index in [4.69, 9.17) is 4.74 Å². The van der Waals surface area contributed by atoms with Crippen LogP contribution in [0.3, 0.4) is 0 Å². The summed E-state index contributed by atoms with van der Waals surface area (Å²) in [6.07, 6.45) is 3.32. The zero-order valence-corrected chi connectivity index (χ0v) is 8.79. The zero-order valence-electron chi connectivity index (χ0n) is 8.79. The summed E-state index contributed by atoms with van der Waals surface area (Å²) in [5, 5.41) is 0. The highest BCUT2D eigenvalue weighted by Crippen LogP contribution is 2.28. The smallest absolute Gasteiger partial charge is 0.126 e. The van der Waals surface area contributed by atoms with Crippen molar-refractivity contribution in [2.45, 2.75) is 20.3 Å². The van der Waals surface area contributed by atoms with Gasteiger partial charge in [0, 0.05) is 12.0 Å². The molecule has 1 aliphatic rings. The lowest BCUT2D eigenvalue weighted by atomic mass is 9.98. The Bertz CT molecular complexity index is 350. The lowest BCUT2D eigenvalue weighted by molar-refractivity contribution is 0.320. The van der Waals surface area contributed by atoms with Crippen LogP contribution in [0.5, 0.6) is 5.75 Å². The topological polar surface area (TPSA) is 9.23 Å². The Hall–Kier alpha value is -1.24. The number of benzene rings is 1. The second kappa shape index (κ2) is 3.87. The summed E-state index contributed by atoms with van der Waals surface area (Å²) in [7, 11) is 0. The van der Waals surface area contributed by atoms with Crippen LogP contribution >= 0.6 is 0 Å². The summed E-state index contributed by atoms with van der Waals surface area (Å²) in [6, 6.07) is 8.23. The molecular weight excluding hydrogens is 172 g/mol. The van der Waals surface area contributed by atoms with Gasteiger partial charge < -0.3 is 4.74 Å². The molecule has 0 bridgehead atoms. The van der Waals surface area contributed by atoms with Crippen molar-refractivity contribution in [2.24, 2.45) is 5.92 Å². The molecule has 0 unspecified atom stereocenters. The van der Waals surface area contributed by atoms with Crippen LogP contribution in [0.4, 0.5) is 0 Å². The SMILES string of the molecule is CC(C)C1=Cc2ccccc2OCC1. The van der Waals surface area contributed by atoms with E-state index in [2.05, 4.69) is 32.1 Å². The molecule has 0 saturated heterocycles. The first-order valence-corrected chi connectivity index (χ1v) is 5.19. The van der Waals surface area contributed by atoms with Gasteiger partial charge in [-0.05, 0) is 12.0 Å². The van der Waals surface area contributed by atoms with Crippen molar-refractivity contribution in [3.8, 4) is 5.75 Å². The van der Waals surface area contributed by atoms with Gasteiger partial charge in [-0.2, -0.15) is 0 Å². The molecular formula is C13H16O.